The number of ether oxygens (including phenoxy) is 2. The van der Waals surface area contributed by atoms with Crippen molar-refractivity contribution in [1.29, 1.82) is 0 Å². The maximum Gasteiger partial charge on any atom is 0.242 e. The number of aryl methyl sites for hydroxylation is 1. The van der Waals surface area contributed by atoms with Gasteiger partial charge in [0.25, 0.3) is 0 Å². The Bertz CT molecular complexity index is 974. The van der Waals surface area contributed by atoms with Gasteiger partial charge in [-0.1, -0.05) is 12.1 Å². The first-order valence-electron chi connectivity index (χ1n) is 8.93. The van der Waals surface area contributed by atoms with E-state index in [1.165, 1.54) is 20.2 Å². The van der Waals surface area contributed by atoms with E-state index < -0.39 is 10.0 Å². The summed E-state index contributed by atoms with van der Waals surface area (Å²) in [5, 5.41) is 5.82. The Hall–Kier alpha value is -2.78. The van der Waals surface area contributed by atoms with Gasteiger partial charge in [0.15, 0.2) is 11.5 Å². The molecule has 1 amide bonds. The lowest BCUT2D eigenvalue weighted by Gasteiger charge is -2.15. The number of methoxy groups -OCH3 is 2. The van der Waals surface area contributed by atoms with Crippen molar-refractivity contribution in [3.8, 4) is 11.5 Å². The molecule has 158 valence electrons. The van der Waals surface area contributed by atoms with E-state index in [0.29, 0.717) is 23.7 Å². The Morgan fingerprint density at radius 3 is 2.34 bits per heavy atom. The van der Waals surface area contributed by atoms with Crippen molar-refractivity contribution >= 4 is 21.6 Å². The van der Waals surface area contributed by atoms with Gasteiger partial charge in [-0.2, -0.15) is 0 Å². The van der Waals surface area contributed by atoms with E-state index in [0.717, 1.165) is 15.4 Å². The Labute approximate surface area is 171 Å². The highest BCUT2D eigenvalue weighted by Crippen LogP contribution is 2.27. The molecule has 8 nitrogen and oxygen atoms in total. The van der Waals surface area contributed by atoms with Crippen LogP contribution < -0.4 is 20.1 Å². The second kappa shape index (κ2) is 9.62. The third-order valence-electron chi connectivity index (χ3n) is 4.36. The fourth-order valence-corrected chi connectivity index (χ4v) is 3.52. The van der Waals surface area contributed by atoms with E-state index in [9.17, 15) is 13.2 Å². The highest BCUT2D eigenvalue weighted by atomic mass is 32.2. The van der Waals surface area contributed by atoms with Crippen molar-refractivity contribution in [3.05, 3.63) is 47.5 Å². The predicted molar refractivity (Wildman–Crippen MR) is 112 cm³/mol. The minimum atomic E-state index is -3.54. The molecule has 0 aliphatic heterocycles. The van der Waals surface area contributed by atoms with Crippen LogP contribution in [0, 0.1) is 6.92 Å². The third kappa shape index (κ3) is 5.61. The molecule has 0 atom stereocenters. The standard InChI is InChI=1S/C20H27N3O5S/c1-14-6-8-16(29(25,26)23(2)3)11-17(14)21-13-20(24)22-12-15-7-9-18(27-4)19(10-15)28-5/h6-11,21H,12-13H2,1-5H3,(H,22,24). The molecule has 2 aromatic carbocycles. The second-order valence-electron chi connectivity index (χ2n) is 6.58. The fourth-order valence-electron chi connectivity index (χ4n) is 2.59. The number of benzene rings is 2. The normalized spacial score (nSPS) is 11.2. The van der Waals surface area contributed by atoms with Crippen molar-refractivity contribution < 1.29 is 22.7 Å². The second-order valence-corrected chi connectivity index (χ2v) is 8.74. The van der Waals surface area contributed by atoms with Crippen LogP contribution in [0.3, 0.4) is 0 Å². The number of carbonyl (C=O) groups excluding carboxylic acids is 1. The summed E-state index contributed by atoms with van der Waals surface area (Å²) in [4.78, 5) is 12.4. The Kier molecular flexibility index (Phi) is 7.46. The van der Waals surface area contributed by atoms with Crippen molar-refractivity contribution in [1.82, 2.24) is 9.62 Å². The molecule has 2 rings (SSSR count). The monoisotopic (exact) mass is 421 g/mol. The maximum atomic E-state index is 12.3. The van der Waals surface area contributed by atoms with Gasteiger partial charge in [-0.3, -0.25) is 4.79 Å². The van der Waals surface area contributed by atoms with Crippen molar-refractivity contribution in [3.63, 3.8) is 0 Å². The number of nitrogens with zero attached hydrogens (tertiary/aromatic N) is 1. The number of sulfonamides is 1. The number of amides is 1. The number of nitrogens with one attached hydrogen (secondary N) is 2. The van der Waals surface area contributed by atoms with Crippen LogP contribution in [0.15, 0.2) is 41.3 Å². The van der Waals surface area contributed by atoms with Crippen molar-refractivity contribution in [2.24, 2.45) is 0 Å². The van der Waals surface area contributed by atoms with Crippen LogP contribution in [0.4, 0.5) is 5.69 Å². The molecule has 0 unspecified atom stereocenters. The van der Waals surface area contributed by atoms with E-state index in [1.807, 2.05) is 13.0 Å². The number of hydrogen-bond acceptors (Lipinski definition) is 6. The number of hydrogen-bond donors (Lipinski definition) is 2. The lowest BCUT2D eigenvalue weighted by atomic mass is 10.2. The Balaban J connectivity index is 1.99. The lowest BCUT2D eigenvalue weighted by Crippen LogP contribution is -2.29. The average molecular weight is 422 g/mol. The Morgan fingerprint density at radius 2 is 1.72 bits per heavy atom. The highest BCUT2D eigenvalue weighted by molar-refractivity contribution is 7.89. The molecule has 0 radical (unpaired) electrons. The molecule has 2 aromatic rings. The minimum Gasteiger partial charge on any atom is -0.493 e. The zero-order valence-electron chi connectivity index (χ0n) is 17.3. The predicted octanol–water partition coefficient (Wildman–Crippen LogP) is 1.99. The average Bonchev–Trinajstić information content (AvgIpc) is 2.70. The van der Waals surface area contributed by atoms with E-state index >= 15 is 0 Å². The summed E-state index contributed by atoms with van der Waals surface area (Å²) in [6.45, 7) is 2.18. The zero-order valence-corrected chi connectivity index (χ0v) is 18.1. The van der Waals surface area contributed by atoms with Crippen LogP contribution in [-0.4, -0.2) is 53.5 Å². The number of carbonyl (C=O) groups is 1. The fraction of sp³-hybridized carbons (Fsp3) is 0.350. The molecule has 0 aliphatic carbocycles. The first kappa shape index (κ1) is 22.5. The molecular weight excluding hydrogens is 394 g/mol. The van der Waals surface area contributed by atoms with E-state index in [4.69, 9.17) is 9.47 Å². The summed E-state index contributed by atoms with van der Waals surface area (Å²) in [6.07, 6.45) is 0. The Morgan fingerprint density at radius 1 is 1.03 bits per heavy atom. The van der Waals surface area contributed by atoms with Crippen LogP contribution in [-0.2, 0) is 21.4 Å². The summed E-state index contributed by atoms with van der Waals surface area (Å²) >= 11 is 0. The van der Waals surface area contributed by atoms with Gasteiger partial charge in [-0.15, -0.1) is 0 Å². The SMILES string of the molecule is COc1ccc(CNC(=O)CNc2cc(S(=O)(=O)N(C)C)ccc2C)cc1OC. The van der Waals surface area contributed by atoms with Gasteiger partial charge in [0.05, 0.1) is 25.7 Å². The van der Waals surface area contributed by atoms with Crippen LogP contribution in [0.2, 0.25) is 0 Å². The van der Waals surface area contributed by atoms with E-state index in [-0.39, 0.29) is 17.3 Å². The topological polar surface area (TPSA) is 97.0 Å². The molecule has 0 aromatic heterocycles. The first-order chi connectivity index (χ1) is 13.7. The third-order valence-corrected chi connectivity index (χ3v) is 6.18. The van der Waals surface area contributed by atoms with Gasteiger partial charge in [0.2, 0.25) is 15.9 Å². The van der Waals surface area contributed by atoms with Gasteiger partial charge < -0.3 is 20.1 Å². The van der Waals surface area contributed by atoms with Crippen molar-refractivity contribution in [2.45, 2.75) is 18.4 Å². The summed E-state index contributed by atoms with van der Waals surface area (Å²) in [7, 11) is 2.52. The molecule has 0 aliphatic rings. The smallest absolute Gasteiger partial charge is 0.242 e. The number of rotatable bonds is 9. The molecule has 0 saturated heterocycles. The maximum absolute atomic E-state index is 12.3. The molecule has 0 spiro atoms. The van der Waals surface area contributed by atoms with Crippen LogP contribution in [0.1, 0.15) is 11.1 Å². The van der Waals surface area contributed by atoms with E-state index in [2.05, 4.69) is 10.6 Å². The van der Waals surface area contributed by atoms with Crippen LogP contribution >= 0.6 is 0 Å². The highest BCUT2D eigenvalue weighted by Gasteiger charge is 2.18. The van der Waals surface area contributed by atoms with Gasteiger partial charge >= 0.3 is 0 Å². The molecule has 0 saturated carbocycles. The molecule has 0 fully saturated rings. The summed E-state index contributed by atoms with van der Waals surface area (Å²) in [6, 6.07) is 10.2. The number of anilines is 1. The summed E-state index contributed by atoms with van der Waals surface area (Å²) in [5.74, 6) is 0.985. The van der Waals surface area contributed by atoms with E-state index in [1.54, 1.807) is 38.5 Å². The van der Waals surface area contributed by atoms with Gasteiger partial charge in [-0.05, 0) is 42.3 Å². The first-order valence-corrected chi connectivity index (χ1v) is 10.4. The lowest BCUT2D eigenvalue weighted by molar-refractivity contribution is -0.119. The van der Waals surface area contributed by atoms with Crippen LogP contribution in [0.25, 0.3) is 0 Å². The molecule has 0 heterocycles. The zero-order chi connectivity index (χ0) is 21.6. The quantitative estimate of drug-likeness (QED) is 0.643. The van der Waals surface area contributed by atoms with Crippen LogP contribution in [0.5, 0.6) is 11.5 Å². The molecule has 9 heteroatoms. The molecular formula is C20H27N3O5S. The van der Waals surface area contributed by atoms with Gasteiger partial charge in [0, 0.05) is 26.3 Å². The van der Waals surface area contributed by atoms with Gasteiger partial charge in [0.1, 0.15) is 0 Å². The summed E-state index contributed by atoms with van der Waals surface area (Å²) in [5.41, 5.74) is 2.30. The molecule has 0 bridgehead atoms. The van der Waals surface area contributed by atoms with Crippen molar-refractivity contribution in [2.75, 3.05) is 40.2 Å². The molecule has 29 heavy (non-hydrogen) atoms. The van der Waals surface area contributed by atoms with Gasteiger partial charge in [-0.25, -0.2) is 12.7 Å². The minimum absolute atomic E-state index is 0.0135. The summed E-state index contributed by atoms with van der Waals surface area (Å²) < 4.78 is 36.2. The molecule has 2 N–H and O–H groups in total. The largest absolute Gasteiger partial charge is 0.493 e.